The number of piperidine rings is 1. The molecule has 2 unspecified atom stereocenters. The van der Waals surface area contributed by atoms with E-state index >= 15 is 0 Å². The molecule has 2 aliphatic carbocycles. The number of hydrogen-bond acceptors (Lipinski definition) is 6. The van der Waals surface area contributed by atoms with E-state index in [0.29, 0.717) is 35.3 Å². The molecule has 2 atom stereocenters. The van der Waals surface area contributed by atoms with Gasteiger partial charge in [0, 0.05) is 10.9 Å². The third-order valence-corrected chi connectivity index (χ3v) is 9.79. The SMILES string of the molecule is O=C(NO)C1(S(=O)c2ccc(Oc3ccc(OC(F)(F)F)cc3)cc2)CCC2(CCN(C3CC3)CC2)C1. The van der Waals surface area contributed by atoms with Gasteiger partial charge in [-0.1, -0.05) is 0 Å². The van der Waals surface area contributed by atoms with Crippen molar-refractivity contribution in [3.8, 4) is 17.2 Å². The quantitative estimate of drug-likeness (QED) is 0.374. The first kappa shape index (κ1) is 26.0. The number of carbonyl (C=O) groups is 1. The highest BCUT2D eigenvalue weighted by Gasteiger charge is 2.57. The number of ether oxygens (including phenoxy) is 2. The molecule has 1 heterocycles. The highest BCUT2D eigenvalue weighted by Crippen LogP contribution is 2.54. The number of carbonyl (C=O) groups excluding carboxylic acids is 1. The summed E-state index contributed by atoms with van der Waals surface area (Å²) in [5.41, 5.74) is 1.72. The van der Waals surface area contributed by atoms with E-state index in [1.165, 1.54) is 25.0 Å². The van der Waals surface area contributed by atoms with E-state index in [2.05, 4.69) is 9.64 Å². The molecular weight excluding hydrogens is 509 g/mol. The standard InChI is InChI=1S/C26H29F3N2O5S/c27-26(28,29)36-21-5-3-19(4-6-21)35-20-7-9-22(10-8-20)37(34)25(23(32)30-33)12-11-24(17-25)13-15-31(16-14-24)18-1-2-18/h3-10,18,33H,1-2,11-17H2,(H,30,32). The van der Waals surface area contributed by atoms with Crippen molar-refractivity contribution >= 4 is 16.7 Å². The summed E-state index contributed by atoms with van der Waals surface area (Å²) in [6, 6.07) is 12.1. The molecule has 2 saturated carbocycles. The van der Waals surface area contributed by atoms with E-state index < -0.39 is 27.8 Å². The maximum Gasteiger partial charge on any atom is 0.573 e. The summed E-state index contributed by atoms with van der Waals surface area (Å²) in [6.45, 7) is 1.98. The molecule has 1 spiro atoms. The van der Waals surface area contributed by atoms with Crippen molar-refractivity contribution in [3.63, 3.8) is 0 Å². The van der Waals surface area contributed by atoms with E-state index in [1.54, 1.807) is 29.7 Å². The Morgan fingerprint density at radius 3 is 2.05 bits per heavy atom. The predicted molar refractivity (Wildman–Crippen MR) is 129 cm³/mol. The molecule has 7 nitrogen and oxygen atoms in total. The zero-order chi connectivity index (χ0) is 26.3. The number of benzene rings is 2. The Bertz CT molecular complexity index is 1150. The third kappa shape index (κ3) is 5.63. The fraction of sp³-hybridized carbons (Fsp3) is 0.500. The molecule has 1 aliphatic heterocycles. The summed E-state index contributed by atoms with van der Waals surface area (Å²) in [7, 11) is -1.71. The summed E-state index contributed by atoms with van der Waals surface area (Å²) in [4.78, 5) is 15.9. The summed E-state index contributed by atoms with van der Waals surface area (Å²) < 4.78 is 59.1. The Kier molecular flexibility index (Phi) is 6.97. The lowest BCUT2D eigenvalue weighted by molar-refractivity contribution is -0.274. The smallest absolute Gasteiger partial charge is 0.457 e. The van der Waals surface area contributed by atoms with E-state index in [1.807, 2.05) is 0 Å². The normalized spacial score (nSPS) is 24.5. The lowest BCUT2D eigenvalue weighted by Crippen LogP contribution is -2.49. The van der Waals surface area contributed by atoms with Crippen LogP contribution >= 0.6 is 0 Å². The van der Waals surface area contributed by atoms with Crippen LogP contribution < -0.4 is 15.0 Å². The highest BCUT2D eigenvalue weighted by molar-refractivity contribution is 7.87. The van der Waals surface area contributed by atoms with Gasteiger partial charge in [0.05, 0.1) is 10.8 Å². The summed E-state index contributed by atoms with van der Waals surface area (Å²) in [6.07, 6.45) is 1.34. The molecule has 2 aromatic carbocycles. The minimum atomic E-state index is -4.77. The van der Waals surface area contributed by atoms with Gasteiger partial charge < -0.3 is 14.4 Å². The molecule has 2 N–H and O–H groups in total. The van der Waals surface area contributed by atoms with Crippen LogP contribution in [0, 0.1) is 5.41 Å². The Morgan fingerprint density at radius 2 is 1.51 bits per heavy atom. The zero-order valence-corrected chi connectivity index (χ0v) is 20.9. The first-order chi connectivity index (χ1) is 17.6. The molecule has 2 aromatic rings. The van der Waals surface area contributed by atoms with Gasteiger partial charge in [-0.3, -0.25) is 14.2 Å². The van der Waals surface area contributed by atoms with Crippen molar-refractivity contribution in [2.24, 2.45) is 5.41 Å². The van der Waals surface area contributed by atoms with Crippen LogP contribution in [0.4, 0.5) is 13.2 Å². The molecule has 0 bridgehead atoms. The molecule has 5 rings (SSSR count). The molecule has 3 aliphatic rings. The Labute approximate surface area is 215 Å². The number of amides is 1. The maximum absolute atomic E-state index is 13.8. The average Bonchev–Trinajstić information content (AvgIpc) is 3.66. The molecule has 0 radical (unpaired) electrons. The average molecular weight is 539 g/mol. The van der Waals surface area contributed by atoms with Gasteiger partial charge in [-0.15, -0.1) is 13.2 Å². The van der Waals surface area contributed by atoms with Crippen LogP contribution in [0.25, 0.3) is 0 Å². The van der Waals surface area contributed by atoms with E-state index in [0.717, 1.165) is 44.5 Å². The van der Waals surface area contributed by atoms with Crippen LogP contribution in [-0.2, 0) is 15.6 Å². The van der Waals surface area contributed by atoms with Crippen molar-refractivity contribution in [3.05, 3.63) is 48.5 Å². The van der Waals surface area contributed by atoms with Gasteiger partial charge in [-0.05, 0) is 112 Å². The van der Waals surface area contributed by atoms with Crippen LogP contribution in [0.15, 0.2) is 53.4 Å². The van der Waals surface area contributed by atoms with E-state index in [4.69, 9.17) is 4.74 Å². The monoisotopic (exact) mass is 538 g/mol. The first-order valence-electron chi connectivity index (χ1n) is 12.4. The lowest BCUT2D eigenvalue weighted by Gasteiger charge is -2.40. The van der Waals surface area contributed by atoms with Crippen LogP contribution in [0.2, 0.25) is 0 Å². The summed E-state index contributed by atoms with van der Waals surface area (Å²) >= 11 is 0. The van der Waals surface area contributed by atoms with Gasteiger partial charge in [-0.2, -0.15) is 0 Å². The van der Waals surface area contributed by atoms with Gasteiger partial charge in [0.1, 0.15) is 22.0 Å². The number of hydroxylamine groups is 1. The number of hydrogen-bond donors (Lipinski definition) is 2. The van der Waals surface area contributed by atoms with Crippen molar-refractivity contribution in [1.29, 1.82) is 0 Å². The minimum Gasteiger partial charge on any atom is -0.457 e. The lowest BCUT2D eigenvalue weighted by atomic mass is 9.76. The van der Waals surface area contributed by atoms with Crippen LogP contribution in [0.3, 0.4) is 0 Å². The van der Waals surface area contributed by atoms with E-state index in [9.17, 15) is 27.4 Å². The molecule has 3 fully saturated rings. The Hall–Kier alpha value is -2.63. The number of rotatable bonds is 7. The number of alkyl halides is 3. The van der Waals surface area contributed by atoms with Gasteiger partial charge >= 0.3 is 6.36 Å². The minimum absolute atomic E-state index is 0.0569. The van der Waals surface area contributed by atoms with Crippen LogP contribution in [0.5, 0.6) is 17.2 Å². The van der Waals surface area contributed by atoms with Gasteiger partial charge in [-0.25, -0.2) is 5.48 Å². The topological polar surface area (TPSA) is 88.1 Å². The van der Waals surface area contributed by atoms with Crippen molar-refractivity contribution in [2.75, 3.05) is 13.1 Å². The largest absolute Gasteiger partial charge is 0.573 e. The Morgan fingerprint density at radius 1 is 0.946 bits per heavy atom. The van der Waals surface area contributed by atoms with Gasteiger partial charge in [0.25, 0.3) is 5.91 Å². The molecule has 0 aromatic heterocycles. The third-order valence-electron chi connectivity index (χ3n) is 7.84. The molecular formula is C26H29F3N2O5S. The number of halogens is 3. The summed E-state index contributed by atoms with van der Waals surface area (Å²) in [5, 5.41) is 9.52. The zero-order valence-electron chi connectivity index (χ0n) is 20.1. The summed E-state index contributed by atoms with van der Waals surface area (Å²) in [5.74, 6) is -0.282. The molecule has 37 heavy (non-hydrogen) atoms. The second-order valence-electron chi connectivity index (χ2n) is 10.2. The number of likely N-dealkylation sites (tertiary alicyclic amines) is 1. The molecule has 1 amide bonds. The fourth-order valence-corrected chi connectivity index (χ4v) is 7.49. The van der Waals surface area contributed by atoms with Crippen molar-refractivity contribution < 1.29 is 36.9 Å². The molecule has 200 valence electrons. The van der Waals surface area contributed by atoms with Crippen LogP contribution in [0.1, 0.15) is 44.9 Å². The second kappa shape index (κ2) is 9.92. The van der Waals surface area contributed by atoms with Crippen molar-refractivity contribution in [1.82, 2.24) is 10.4 Å². The predicted octanol–water partition coefficient (Wildman–Crippen LogP) is 5.16. The highest BCUT2D eigenvalue weighted by atomic mass is 32.2. The van der Waals surface area contributed by atoms with Gasteiger partial charge in [0.2, 0.25) is 0 Å². The second-order valence-corrected chi connectivity index (χ2v) is 12.0. The van der Waals surface area contributed by atoms with Crippen LogP contribution in [-0.4, -0.2) is 50.5 Å². The Balaban J connectivity index is 1.27. The first-order valence-corrected chi connectivity index (χ1v) is 13.5. The van der Waals surface area contributed by atoms with Crippen molar-refractivity contribution in [2.45, 2.75) is 67.0 Å². The molecule has 1 saturated heterocycles. The maximum atomic E-state index is 13.8. The van der Waals surface area contributed by atoms with E-state index in [-0.39, 0.29) is 11.2 Å². The fourth-order valence-electron chi connectivity index (χ4n) is 5.72. The van der Waals surface area contributed by atoms with Gasteiger partial charge in [0.15, 0.2) is 0 Å². The molecule has 11 heteroatoms. The number of nitrogens with one attached hydrogen (secondary N) is 1. The number of nitrogens with zero attached hydrogens (tertiary/aromatic N) is 1.